The normalized spacial score (nSPS) is 19.7. The van der Waals surface area contributed by atoms with Crippen LogP contribution < -0.4 is 15.4 Å². The maximum Gasteiger partial charge on any atom is 0.339 e. The van der Waals surface area contributed by atoms with E-state index in [0.29, 0.717) is 22.5 Å². The number of aryl methyl sites for hydroxylation is 1. The first kappa shape index (κ1) is 18.5. The molecule has 0 radical (unpaired) electrons. The number of nitrogens with two attached hydrogens (primary N) is 1. The van der Waals surface area contributed by atoms with Gasteiger partial charge in [0.2, 0.25) is 5.88 Å². The smallest absolute Gasteiger partial charge is 0.339 e. The van der Waals surface area contributed by atoms with E-state index >= 15 is 0 Å². The minimum absolute atomic E-state index is 0.0675. The first-order chi connectivity index (χ1) is 13.9. The Morgan fingerprint density at radius 2 is 2.00 bits per heavy atom. The number of nitrogens with zero attached hydrogens (tertiary/aromatic N) is 2. The fraction of sp³-hybridized carbons (Fsp3) is 0.263. The monoisotopic (exact) mass is 398 g/mol. The van der Waals surface area contributed by atoms with Crippen LogP contribution in [-0.2, 0) is 29.3 Å². The number of rotatable bonds is 3. The third kappa shape index (κ3) is 2.28. The molecule has 0 amide bonds. The molecule has 3 heterocycles. The lowest BCUT2D eigenvalue weighted by Gasteiger charge is -2.40. The van der Waals surface area contributed by atoms with Gasteiger partial charge in [0, 0.05) is 16.9 Å². The molecule has 10 nitrogen and oxygen atoms in total. The number of para-hydroxylation sites is 1. The number of hydrogen-bond acceptors (Lipinski definition) is 9. The molecule has 1 aromatic carbocycles. The summed E-state index contributed by atoms with van der Waals surface area (Å²) >= 11 is 0. The molecular weight excluding hydrogens is 380 g/mol. The zero-order valence-corrected chi connectivity index (χ0v) is 15.9. The highest BCUT2D eigenvalue weighted by atomic mass is 16.6. The lowest BCUT2D eigenvalue weighted by molar-refractivity contribution is -0.142. The Labute approximate surface area is 165 Å². The van der Waals surface area contributed by atoms with E-state index in [2.05, 4.69) is 10.2 Å². The fourth-order valence-electron chi connectivity index (χ4n) is 4.00. The lowest BCUT2D eigenvalue weighted by Crippen LogP contribution is -2.50. The second kappa shape index (κ2) is 6.36. The van der Waals surface area contributed by atoms with Crippen molar-refractivity contribution in [3.05, 3.63) is 52.5 Å². The van der Waals surface area contributed by atoms with Gasteiger partial charge in [-0.25, -0.2) is 9.59 Å². The molecule has 1 atom stereocenters. The van der Waals surface area contributed by atoms with Gasteiger partial charge in [-0.3, -0.25) is 9.89 Å². The van der Waals surface area contributed by atoms with Crippen LogP contribution in [0.5, 0.6) is 5.88 Å². The summed E-state index contributed by atoms with van der Waals surface area (Å²) in [5.74, 6) is -2.15. The molecule has 2 aliphatic heterocycles. The molecule has 4 rings (SSSR count). The standard InChI is InChI=1S/C19H18N4O6/c1-9-13-16(22-21-9)29-18(26)19(13)10-6-4-5-7-11(10)23(8-12(24)27-2)15(20)14(19)17(25)28-3/h4-7H,8,20H2,1-3H3,(H,21,22)/t19-/m0/s1. The molecule has 150 valence electrons. The zero-order valence-electron chi connectivity index (χ0n) is 15.9. The number of carbonyl (C=O) groups is 3. The van der Waals surface area contributed by atoms with Gasteiger partial charge in [0.05, 0.1) is 19.8 Å². The Morgan fingerprint density at radius 3 is 2.69 bits per heavy atom. The summed E-state index contributed by atoms with van der Waals surface area (Å²) in [5.41, 5.74) is 6.36. The largest absolute Gasteiger partial charge is 0.468 e. The Balaban J connectivity index is 2.11. The van der Waals surface area contributed by atoms with E-state index in [4.69, 9.17) is 19.9 Å². The molecule has 29 heavy (non-hydrogen) atoms. The van der Waals surface area contributed by atoms with Crippen molar-refractivity contribution in [1.29, 1.82) is 0 Å². The van der Waals surface area contributed by atoms with E-state index in [1.807, 2.05) is 0 Å². The van der Waals surface area contributed by atoms with Crippen LogP contribution in [0.15, 0.2) is 35.7 Å². The Hall–Kier alpha value is -3.82. The molecule has 1 spiro atoms. The van der Waals surface area contributed by atoms with Crippen LogP contribution in [0.2, 0.25) is 0 Å². The maximum absolute atomic E-state index is 13.3. The number of anilines is 1. The number of benzene rings is 1. The van der Waals surface area contributed by atoms with Gasteiger partial charge in [-0.1, -0.05) is 18.2 Å². The minimum Gasteiger partial charge on any atom is -0.468 e. The van der Waals surface area contributed by atoms with Gasteiger partial charge in [0.15, 0.2) is 5.41 Å². The van der Waals surface area contributed by atoms with E-state index in [0.717, 1.165) is 0 Å². The average Bonchev–Trinajstić information content (AvgIpc) is 3.22. The first-order valence-corrected chi connectivity index (χ1v) is 8.68. The molecule has 0 saturated heterocycles. The number of fused-ring (bicyclic) bond motifs is 4. The molecule has 1 aromatic heterocycles. The molecule has 0 fully saturated rings. The minimum atomic E-state index is -1.67. The van der Waals surface area contributed by atoms with Crippen molar-refractivity contribution >= 4 is 23.6 Å². The van der Waals surface area contributed by atoms with Crippen LogP contribution in [0.1, 0.15) is 16.8 Å². The predicted octanol–water partition coefficient (Wildman–Crippen LogP) is 0.260. The van der Waals surface area contributed by atoms with Gasteiger partial charge in [0.25, 0.3) is 0 Å². The van der Waals surface area contributed by atoms with E-state index in [1.165, 1.54) is 19.1 Å². The first-order valence-electron chi connectivity index (χ1n) is 8.68. The van der Waals surface area contributed by atoms with E-state index < -0.39 is 23.3 Å². The molecule has 2 aliphatic rings. The van der Waals surface area contributed by atoms with Crippen LogP contribution in [0.3, 0.4) is 0 Å². The molecule has 0 saturated carbocycles. The predicted molar refractivity (Wildman–Crippen MR) is 98.8 cm³/mol. The summed E-state index contributed by atoms with van der Waals surface area (Å²) in [7, 11) is 2.43. The molecule has 3 N–H and O–H groups in total. The van der Waals surface area contributed by atoms with Gasteiger partial charge < -0.3 is 24.8 Å². The second-order valence-electron chi connectivity index (χ2n) is 6.60. The highest BCUT2D eigenvalue weighted by Gasteiger charge is 2.62. The van der Waals surface area contributed by atoms with Gasteiger partial charge >= 0.3 is 17.9 Å². The topological polar surface area (TPSA) is 137 Å². The van der Waals surface area contributed by atoms with Crippen molar-refractivity contribution < 1.29 is 28.6 Å². The number of methoxy groups -OCH3 is 2. The summed E-state index contributed by atoms with van der Waals surface area (Å²) in [5, 5.41) is 6.80. The average molecular weight is 398 g/mol. The molecule has 0 aliphatic carbocycles. The summed E-state index contributed by atoms with van der Waals surface area (Å²) in [6.45, 7) is 1.45. The molecular formula is C19H18N4O6. The van der Waals surface area contributed by atoms with Gasteiger partial charge in [0.1, 0.15) is 17.9 Å². The van der Waals surface area contributed by atoms with Crippen molar-refractivity contribution in [1.82, 2.24) is 10.2 Å². The van der Waals surface area contributed by atoms with Crippen LogP contribution >= 0.6 is 0 Å². The van der Waals surface area contributed by atoms with Crippen molar-refractivity contribution in [3.8, 4) is 5.88 Å². The number of hydrogen-bond donors (Lipinski definition) is 2. The van der Waals surface area contributed by atoms with E-state index in [-0.39, 0.29) is 23.8 Å². The second-order valence-corrected chi connectivity index (χ2v) is 6.60. The zero-order chi connectivity index (χ0) is 20.9. The van der Waals surface area contributed by atoms with Gasteiger partial charge in [-0.15, -0.1) is 5.10 Å². The van der Waals surface area contributed by atoms with Crippen LogP contribution in [-0.4, -0.2) is 48.9 Å². The summed E-state index contributed by atoms with van der Waals surface area (Å²) in [4.78, 5) is 39.6. The number of ether oxygens (including phenoxy) is 3. The fourth-order valence-corrected chi connectivity index (χ4v) is 4.00. The number of aromatic amines is 1. The quantitative estimate of drug-likeness (QED) is 0.697. The van der Waals surface area contributed by atoms with Gasteiger partial charge in [-0.2, -0.15) is 0 Å². The van der Waals surface area contributed by atoms with Crippen molar-refractivity contribution in [3.63, 3.8) is 0 Å². The number of aromatic nitrogens is 2. The molecule has 2 aromatic rings. The number of H-pyrrole nitrogens is 1. The summed E-state index contributed by atoms with van der Waals surface area (Å²) in [6.07, 6.45) is 0. The van der Waals surface area contributed by atoms with Crippen molar-refractivity contribution in [2.45, 2.75) is 12.3 Å². The summed E-state index contributed by atoms with van der Waals surface area (Å²) in [6, 6.07) is 6.82. The van der Waals surface area contributed by atoms with Crippen LogP contribution in [0.25, 0.3) is 0 Å². The highest BCUT2D eigenvalue weighted by molar-refractivity contribution is 6.11. The van der Waals surface area contributed by atoms with E-state index in [9.17, 15) is 14.4 Å². The SMILES string of the molecule is COC(=O)CN1C(N)=C(C(=O)OC)[C@]2(C(=O)Oc3n[nH]c(C)c32)c2ccccc21. The maximum atomic E-state index is 13.3. The summed E-state index contributed by atoms with van der Waals surface area (Å²) < 4.78 is 15.1. The number of carbonyl (C=O) groups excluding carboxylic acids is 3. The van der Waals surface area contributed by atoms with Crippen molar-refractivity contribution in [2.75, 3.05) is 25.7 Å². The Bertz CT molecular complexity index is 1090. The van der Waals surface area contributed by atoms with Crippen molar-refractivity contribution in [2.24, 2.45) is 5.73 Å². The van der Waals surface area contributed by atoms with Crippen LogP contribution in [0.4, 0.5) is 5.69 Å². The number of nitrogens with one attached hydrogen (secondary N) is 1. The van der Waals surface area contributed by atoms with E-state index in [1.54, 1.807) is 31.2 Å². The van der Waals surface area contributed by atoms with Gasteiger partial charge in [-0.05, 0) is 13.0 Å². The Morgan fingerprint density at radius 1 is 1.28 bits per heavy atom. The van der Waals surface area contributed by atoms with Crippen LogP contribution in [0, 0.1) is 6.92 Å². The third-order valence-corrected chi connectivity index (χ3v) is 5.21. The number of esters is 3. The Kier molecular flexibility index (Phi) is 4.07. The third-order valence-electron chi connectivity index (χ3n) is 5.21. The highest BCUT2D eigenvalue weighted by Crippen LogP contribution is 2.55. The molecule has 0 unspecified atom stereocenters. The molecule has 10 heteroatoms. The molecule has 0 bridgehead atoms. The lowest BCUT2D eigenvalue weighted by atomic mass is 9.67.